The molecule has 1 aliphatic carbocycles. The van der Waals surface area contributed by atoms with Crippen molar-refractivity contribution in [1.82, 2.24) is 4.90 Å². The van der Waals surface area contributed by atoms with Gasteiger partial charge in [-0.15, -0.1) is 0 Å². The maximum Gasteiger partial charge on any atom is 0.326 e. The Morgan fingerprint density at radius 3 is 2.28 bits per heavy atom. The summed E-state index contributed by atoms with van der Waals surface area (Å²) >= 11 is 3.17. The summed E-state index contributed by atoms with van der Waals surface area (Å²) in [6.45, 7) is 5.55. The lowest BCUT2D eigenvalue weighted by molar-refractivity contribution is -0.159. The number of carbonyl (C=O) groups is 2. The molecule has 5 heteroatoms. The van der Waals surface area contributed by atoms with Crippen molar-refractivity contribution in [2.45, 2.75) is 58.1 Å². The minimum atomic E-state index is -0.504. The number of nitrogens with zero attached hydrogens (tertiary/aromatic N) is 1. The third kappa shape index (κ3) is 4.96. The van der Waals surface area contributed by atoms with Crippen molar-refractivity contribution in [1.29, 1.82) is 0 Å². The highest BCUT2D eigenvalue weighted by Crippen LogP contribution is 2.24. The smallest absolute Gasteiger partial charge is 0.326 e. The Bertz CT molecular complexity index is 306. The van der Waals surface area contributed by atoms with Gasteiger partial charge < -0.3 is 9.64 Å². The van der Waals surface area contributed by atoms with E-state index >= 15 is 0 Å². The molecule has 0 heterocycles. The fourth-order valence-corrected chi connectivity index (χ4v) is 2.55. The molecule has 0 unspecified atom stereocenters. The zero-order valence-corrected chi connectivity index (χ0v) is 13.0. The SMILES string of the molecule is CC(C)(C)OC(=O)CN(C(=O)CBr)C1CCCC1. The molecule has 1 fully saturated rings. The van der Waals surface area contributed by atoms with Crippen LogP contribution in [0.5, 0.6) is 0 Å². The van der Waals surface area contributed by atoms with Crippen LogP contribution in [-0.2, 0) is 14.3 Å². The van der Waals surface area contributed by atoms with Crippen LogP contribution in [0.25, 0.3) is 0 Å². The van der Waals surface area contributed by atoms with Gasteiger partial charge in [-0.25, -0.2) is 0 Å². The lowest BCUT2D eigenvalue weighted by atomic mass is 10.2. The normalized spacial score (nSPS) is 16.7. The van der Waals surface area contributed by atoms with Crippen LogP contribution in [0, 0.1) is 0 Å². The van der Waals surface area contributed by atoms with Gasteiger partial charge in [-0.2, -0.15) is 0 Å². The average Bonchev–Trinajstić information content (AvgIpc) is 2.75. The third-order valence-corrected chi connectivity index (χ3v) is 3.40. The number of hydrogen-bond donors (Lipinski definition) is 0. The Morgan fingerprint density at radius 1 is 1.28 bits per heavy atom. The van der Waals surface area contributed by atoms with Gasteiger partial charge in [-0.1, -0.05) is 28.8 Å². The summed E-state index contributed by atoms with van der Waals surface area (Å²) in [4.78, 5) is 25.3. The molecule has 1 rings (SSSR count). The predicted molar refractivity (Wildman–Crippen MR) is 73.6 cm³/mol. The fourth-order valence-electron chi connectivity index (χ4n) is 2.23. The molecule has 4 nitrogen and oxygen atoms in total. The predicted octanol–water partition coefficient (Wildman–Crippen LogP) is 2.49. The first kappa shape index (κ1) is 15.5. The summed E-state index contributed by atoms with van der Waals surface area (Å²) in [7, 11) is 0. The minimum absolute atomic E-state index is 0.0345. The average molecular weight is 320 g/mol. The molecule has 104 valence electrons. The van der Waals surface area contributed by atoms with Crippen LogP contribution in [0.2, 0.25) is 0 Å². The van der Waals surface area contributed by atoms with E-state index in [1.54, 1.807) is 4.90 Å². The van der Waals surface area contributed by atoms with Gasteiger partial charge in [0.05, 0.1) is 5.33 Å². The van der Waals surface area contributed by atoms with E-state index in [2.05, 4.69) is 15.9 Å². The van der Waals surface area contributed by atoms with Crippen LogP contribution in [0.1, 0.15) is 46.5 Å². The molecule has 0 atom stereocenters. The maximum atomic E-state index is 11.9. The van der Waals surface area contributed by atoms with Crippen LogP contribution < -0.4 is 0 Å². The number of hydrogen-bond acceptors (Lipinski definition) is 3. The molecule has 0 aromatic rings. The molecule has 1 saturated carbocycles. The van der Waals surface area contributed by atoms with Gasteiger partial charge >= 0.3 is 5.97 Å². The Balaban J connectivity index is 2.61. The first-order valence-corrected chi connectivity index (χ1v) is 7.53. The molecule has 0 radical (unpaired) electrons. The van der Waals surface area contributed by atoms with Crippen molar-refractivity contribution in [3.05, 3.63) is 0 Å². The van der Waals surface area contributed by atoms with Crippen LogP contribution >= 0.6 is 15.9 Å². The minimum Gasteiger partial charge on any atom is -0.459 e. The molecule has 0 saturated heterocycles. The van der Waals surface area contributed by atoms with Crippen molar-refractivity contribution < 1.29 is 14.3 Å². The standard InChI is InChI=1S/C13H22BrNO3/c1-13(2,3)18-12(17)9-15(11(16)8-14)10-6-4-5-7-10/h10H,4-9H2,1-3H3. The molecule has 1 aliphatic rings. The van der Waals surface area contributed by atoms with E-state index in [9.17, 15) is 9.59 Å². The summed E-state index contributed by atoms with van der Waals surface area (Å²) < 4.78 is 5.27. The summed E-state index contributed by atoms with van der Waals surface area (Å²) in [5, 5.41) is 0.256. The van der Waals surface area contributed by atoms with E-state index < -0.39 is 5.60 Å². The fraction of sp³-hybridized carbons (Fsp3) is 0.846. The number of halogens is 1. The topological polar surface area (TPSA) is 46.6 Å². The molecular formula is C13H22BrNO3. The summed E-state index contributed by atoms with van der Waals surface area (Å²) in [5.74, 6) is -0.364. The molecular weight excluding hydrogens is 298 g/mol. The van der Waals surface area contributed by atoms with E-state index in [4.69, 9.17) is 4.74 Å². The highest BCUT2D eigenvalue weighted by molar-refractivity contribution is 9.09. The van der Waals surface area contributed by atoms with E-state index in [0.29, 0.717) is 0 Å². The maximum absolute atomic E-state index is 11.9. The van der Waals surface area contributed by atoms with Crippen LogP contribution in [-0.4, -0.2) is 40.3 Å². The van der Waals surface area contributed by atoms with Gasteiger partial charge in [0.1, 0.15) is 12.1 Å². The van der Waals surface area contributed by atoms with Crippen molar-refractivity contribution in [2.75, 3.05) is 11.9 Å². The molecule has 0 aromatic carbocycles. The van der Waals surface area contributed by atoms with Crippen LogP contribution in [0.3, 0.4) is 0 Å². The van der Waals surface area contributed by atoms with E-state index in [0.717, 1.165) is 25.7 Å². The summed E-state index contributed by atoms with van der Waals surface area (Å²) in [6.07, 6.45) is 4.24. The molecule has 0 aromatic heterocycles. The number of esters is 1. The lowest BCUT2D eigenvalue weighted by Gasteiger charge is -2.29. The van der Waals surface area contributed by atoms with Gasteiger partial charge in [0.2, 0.25) is 5.91 Å². The molecule has 0 spiro atoms. The Morgan fingerprint density at radius 2 is 1.83 bits per heavy atom. The number of ether oxygens (including phenoxy) is 1. The van der Waals surface area contributed by atoms with E-state index in [1.165, 1.54) is 0 Å². The molecule has 0 aliphatic heterocycles. The van der Waals surface area contributed by atoms with Crippen molar-refractivity contribution in [3.63, 3.8) is 0 Å². The van der Waals surface area contributed by atoms with Gasteiger partial charge in [-0.05, 0) is 33.6 Å². The quantitative estimate of drug-likeness (QED) is 0.591. The second-order valence-corrected chi connectivity index (χ2v) is 6.24. The first-order chi connectivity index (χ1) is 8.33. The van der Waals surface area contributed by atoms with Crippen molar-refractivity contribution >= 4 is 27.8 Å². The second-order valence-electron chi connectivity index (χ2n) is 5.68. The highest BCUT2D eigenvalue weighted by atomic mass is 79.9. The monoisotopic (exact) mass is 319 g/mol. The Hall–Kier alpha value is -0.580. The number of amides is 1. The van der Waals surface area contributed by atoms with Gasteiger partial charge in [-0.3, -0.25) is 9.59 Å². The van der Waals surface area contributed by atoms with Gasteiger partial charge in [0.25, 0.3) is 0 Å². The highest BCUT2D eigenvalue weighted by Gasteiger charge is 2.29. The zero-order chi connectivity index (χ0) is 13.8. The zero-order valence-electron chi connectivity index (χ0n) is 11.4. The first-order valence-electron chi connectivity index (χ1n) is 6.41. The van der Waals surface area contributed by atoms with E-state index in [1.807, 2.05) is 20.8 Å². The number of carbonyl (C=O) groups excluding carboxylic acids is 2. The Kier molecular flexibility index (Phi) is 5.63. The van der Waals surface area contributed by atoms with Crippen LogP contribution in [0.15, 0.2) is 0 Å². The number of rotatable bonds is 4. The molecule has 1 amide bonds. The largest absolute Gasteiger partial charge is 0.459 e. The van der Waals surface area contributed by atoms with E-state index in [-0.39, 0.29) is 29.8 Å². The van der Waals surface area contributed by atoms with Gasteiger partial charge in [0, 0.05) is 6.04 Å². The Labute approximate surface area is 117 Å². The second kappa shape index (κ2) is 6.55. The van der Waals surface area contributed by atoms with Crippen molar-refractivity contribution in [2.24, 2.45) is 0 Å². The molecule has 18 heavy (non-hydrogen) atoms. The summed E-state index contributed by atoms with van der Waals surface area (Å²) in [5.41, 5.74) is -0.504. The van der Waals surface area contributed by atoms with Crippen molar-refractivity contribution in [3.8, 4) is 0 Å². The molecule has 0 bridgehead atoms. The third-order valence-electron chi connectivity index (χ3n) is 2.92. The number of alkyl halides is 1. The van der Waals surface area contributed by atoms with Gasteiger partial charge in [0.15, 0.2) is 0 Å². The summed E-state index contributed by atoms with van der Waals surface area (Å²) in [6, 6.07) is 0.197. The molecule has 0 N–H and O–H groups in total. The van der Waals surface area contributed by atoms with Crippen LogP contribution in [0.4, 0.5) is 0 Å². The lowest BCUT2D eigenvalue weighted by Crippen LogP contribution is -2.44.